The smallest absolute Gasteiger partial charge is 0.0960 e. The van der Waals surface area contributed by atoms with Crippen molar-refractivity contribution in [2.75, 3.05) is 6.54 Å². The summed E-state index contributed by atoms with van der Waals surface area (Å²) in [5.74, 6) is 0. The molecule has 1 atom stereocenters. The first-order valence-corrected chi connectivity index (χ1v) is 2.98. The molecule has 0 bridgehead atoms. The minimum atomic E-state index is 0.398. The molecule has 0 aromatic rings. The fourth-order valence-corrected chi connectivity index (χ4v) is 0.722. The maximum absolute atomic E-state index is 4.23. The summed E-state index contributed by atoms with van der Waals surface area (Å²) in [5, 5.41) is 4.23. The van der Waals surface area contributed by atoms with E-state index in [4.69, 9.17) is 0 Å². The van der Waals surface area contributed by atoms with Gasteiger partial charge in [0.1, 0.15) is 6.04 Å². The van der Waals surface area contributed by atoms with Crippen molar-refractivity contribution >= 4 is 0 Å². The van der Waals surface area contributed by atoms with Crippen molar-refractivity contribution < 1.29 is 4.70 Å². The van der Waals surface area contributed by atoms with Gasteiger partial charge in [0.05, 0.1) is 0 Å². The monoisotopic (exact) mass is 111 g/mol. The lowest BCUT2D eigenvalue weighted by atomic mass is 10.4. The molecule has 0 spiro atoms. The van der Waals surface area contributed by atoms with Gasteiger partial charge in [-0.05, 0) is 19.0 Å². The minimum Gasteiger partial charge on any atom is -0.0960 e. The Morgan fingerprint density at radius 2 is 2.50 bits per heavy atom. The van der Waals surface area contributed by atoms with E-state index < -0.39 is 0 Å². The second-order valence-corrected chi connectivity index (χ2v) is 1.95. The van der Waals surface area contributed by atoms with Gasteiger partial charge in [0.25, 0.3) is 0 Å². The molecular weight excluding hydrogens is 100 g/mol. The first-order chi connectivity index (χ1) is 3.83. The Kier molecular flexibility index (Phi) is 1.42. The molecule has 2 heteroatoms. The third-order valence-corrected chi connectivity index (χ3v) is 1.19. The number of hydrogen-bond donors (Lipinski definition) is 0. The summed E-state index contributed by atoms with van der Waals surface area (Å²) in [6, 6.07) is 0.398. The van der Waals surface area contributed by atoms with Crippen LogP contribution in [0.1, 0.15) is 13.8 Å². The topological polar surface area (TPSA) is 15.4 Å². The van der Waals surface area contributed by atoms with Crippen LogP contribution in [-0.4, -0.2) is 17.3 Å². The summed E-state index contributed by atoms with van der Waals surface area (Å²) in [6.45, 7) is 5.15. The fourth-order valence-electron chi connectivity index (χ4n) is 0.722. The molecule has 0 N–H and O–H groups in total. The Morgan fingerprint density at radius 3 is 2.75 bits per heavy atom. The Hall–Kier alpha value is -0.660. The fraction of sp³-hybridized carbons (Fsp3) is 0.667. The van der Waals surface area contributed by atoms with Crippen LogP contribution in [0.25, 0.3) is 0 Å². The van der Waals surface area contributed by atoms with Crippen LogP contribution < -0.4 is 0 Å². The molecule has 1 heterocycles. The highest BCUT2D eigenvalue weighted by Crippen LogP contribution is 2.00. The van der Waals surface area contributed by atoms with Gasteiger partial charge in [0.15, 0.2) is 12.7 Å². The van der Waals surface area contributed by atoms with Crippen LogP contribution in [0.2, 0.25) is 0 Å². The maximum atomic E-state index is 4.23. The lowest BCUT2D eigenvalue weighted by Crippen LogP contribution is -1.96. The van der Waals surface area contributed by atoms with Crippen LogP contribution in [0.15, 0.2) is 17.4 Å². The first kappa shape index (κ1) is 5.48. The summed E-state index contributed by atoms with van der Waals surface area (Å²) in [6.07, 6.45) is 4.11. The van der Waals surface area contributed by atoms with Crippen molar-refractivity contribution in [1.29, 1.82) is 0 Å². The van der Waals surface area contributed by atoms with Crippen LogP contribution in [0, 0.1) is 0 Å². The summed E-state index contributed by atoms with van der Waals surface area (Å²) in [4.78, 5) is 0. The molecule has 1 aliphatic heterocycles. The van der Waals surface area contributed by atoms with Crippen LogP contribution in [-0.2, 0) is 0 Å². The first-order valence-electron chi connectivity index (χ1n) is 2.98. The van der Waals surface area contributed by atoms with Gasteiger partial charge in [0, 0.05) is 6.08 Å². The van der Waals surface area contributed by atoms with Gasteiger partial charge in [-0.1, -0.05) is 4.70 Å². The average Bonchev–Trinajstić information content (AvgIpc) is 2.14. The van der Waals surface area contributed by atoms with E-state index in [1.807, 2.05) is 10.9 Å². The highest BCUT2D eigenvalue weighted by Gasteiger charge is 2.09. The zero-order valence-electron chi connectivity index (χ0n) is 5.33. The molecule has 1 aliphatic rings. The number of rotatable bonds is 1. The lowest BCUT2D eigenvalue weighted by Gasteiger charge is -1.81. The van der Waals surface area contributed by atoms with Crippen molar-refractivity contribution in [3.05, 3.63) is 12.3 Å². The molecule has 0 saturated carbocycles. The zero-order valence-corrected chi connectivity index (χ0v) is 5.33. The predicted octanol–water partition coefficient (Wildman–Crippen LogP) is 1.39. The van der Waals surface area contributed by atoms with E-state index in [1.165, 1.54) is 0 Å². The van der Waals surface area contributed by atoms with Crippen molar-refractivity contribution in [3.8, 4) is 0 Å². The predicted molar refractivity (Wildman–Crippen MR) is 31.8 cm³/mol. The van der Waals surface area contributed by atoms with Crippen molar-refractivity contribution in [2.24, 2.45) is 5.11 Å². The Bertz CT molecular complexity index is 135. The van der Waals surface area contributed by atoms with E-state index >= 15 is 0 Å². The largest absolute Gasteiger partial charge is 0.194 e. The molecule has 0 amide bonds. The van der Waals surface area contributed by atoms with Crippen LogP contribution in [0.4, 0.5) is 0 Å². The summed E-state index contributed by atoms with van der Waals surface area (Å²) in [5.41, 5.74) is 0. The van der Waals surface area contributed by atoms with Gasteiger partial charge < -0.3 is 0 Å². The number of azo groups is 2. The van der Waals surface area contributed by atoms with Gasteiger partial charge in [-0.15, -0.1) is 0 Å². The SMILES string of the molecule is CC[N+]1=NC(C)C=C1. The lowest BCUT2D eigenvalue weighted by molar-refractivity contribution is -0.520. The molecule has 2 nitrogen and oxygen atoms in total. The van der Waals surface area contributed by atoms with Crippen LogP contribution in [0.5, 0.6) is 0 Å². The van der Waals surface area contributed by atoms with Gasteiger partial charge in [-0.3, -0.25) is 0 Å². The molecule has 0 aliphatic carbocycles. The van der Waals surface area contributed by atoms with E-state index in [1.54, 1.807) is 0 Å². The van der Waals surface area contributed by atoms with Gasteiger partial charge >= 0.3 is 0 Å². The Balaban J connectivity index is 2.58. The second kappa shape index (κ2) is 2.07. The third-order valence-electron chi connectivity index (χ3n) is 1.19. The Morgan fingerprint density at radius 1 is 1.75 bits per heavy atom. The van der Waals surface area contributed by atoms with E-state index in [-0.39, 0.29) is 0 Å². The number of nitrogens with zero attached hydrogens (tertiary/aromatic N) is 2. The normalized spacial score (nSPS) is 26.2. The van der Waals surface area contributed by atoms with Crippen LogP contribution in [0.3, 0.4) is 0 Å². The number of hydrogen-bond acceptors (Lipinski definition) is 1. The van der Waals surface area contributed by atoms with Gasteiger partial charge in [-0.2, -0.15) is 0 Å². The molecule has 0 aromatic heterocycles. The molecule has 1 unspecified atom stereocenters. The highest BCUT2D eigenvalue weighted by atomic mass is 15.3. The molecular formula is C6H11N2+. The van der Waals surface area contributed by atoms with Crippen molar-refractivity contribution in [2.45, 2.75) is 19.9 Å². The third kappa shape index (κ3) is 0.941. The quantitative estimate of drug-likeness (QED) is 0.454. The van der Waals surface area contributed by atoms with Crippen LogP contribution >= 0.6 is 0 Å². The average molecular weight is 111 g/mol. The highest BCUT2D eigenvalue weighted by molar-refractivity contribution is 4.86. The van der Waals surface area contributed by atoms with Crippen molar-refractivity contribution in [1.82, 2.24) is 0 Å². The summed E-state index contributed by atoms with van der Waals surface area (Å²) < 4.78 is 1.95. The second-order valence-electron chi connectivity index (χ2n) is 1.95. The summed E-state index contributed by atoms with van der Waals surface area (Å²) >= 11 is 0. The molecule has 0 aromatic carbocycles. The van der Waals surface area contributed by atoms with E-state index in [2.05, 4.69) is 25.0 Å². The molecule has 0 saturated heterocycles. The standard InChI is InChI=1S/C6H11N2/c1-3-8-5-4-6(2)7-8/h4-6H,3H2,1-2H3/q+1. The zero-order chi connectivity index (χ0) is 5.98. The molecule has 1 rings (SSSR count). The Labute approximate surface area is 49.5 Å². The summed E-state index contributed by atoms with van der Waals surface area (Å²) in [7, 11) is 0. The molecule has 0 fully saturated rings. The molecule has 8 heavy (non-hydrogen) atoms. The van der Waals surface area contributed by atoms with E-state index in [9.17, 15) is 0 Å². The van der Waals surface area contributed by atoms with E-state index in [0.29, 0.717) is 6.04 Å². The molecule has 0 radical (unpaired) electrons. The maximum Gasteiger partial charge on any atom is 0.194 e. The van der Waals surface area contributed by atoms with Crippen molar-refractivity contribution in [3.63, 3.8) is 0 Å². The van der Waals surface area contributed by atoms with Gasteiger partial charge in [-0.25, -0.2) is 0 Å². The van der Waals surface area contributed by atoms with Gasteiger partial charge in [0.2, 0.25) is 0 Å². The minimum absolute atomic E-state index is 0.398. The molecule has 44 valence electrons. The van der Waals surface area contributed by atoms with E-state index in [0.717, 1.165) is 6.54 Å².